The number of alkyl carbamates (subject to hydrolysis) is 1. The van der Waals surface area contributed by atoms with Crippen LogP contribution in [0.15, 0.2) is 6.20 Å². The number of fused-ring (bicyclic) bond motifs is 1. The summed E-state index contributed by atoms with van der Waals surface area (Å²) >= 11 is 0. The lowest BCUT2D eigenvalue weighted by Crippen LogP contribution is -2.37. The first-order valence-corrected chi connectivity index (χ1v) is 7.07. The van der Waals surface area contributed by atoms with Gasteiger partial charge in [0.05, 0.1) is 17.5 Å². The van der Waals surface area contributed by atoms with Gasteiger partial charge in [-0.1, -0.05) is 0 Å². The third kappa shape index (κ3) is 3.96. The number of hydrogen-bond donors (Lipinski definition) is 2. The minimum absolute atomic E-state index is 0.250. The maximum absolute atomic E-state index is 11.6. The van der Waals surface area contributed by atoms with E-state index < -0.39 is 17.6 Å². The fourth-order valence-corrected chi connectivity index (χ4v) is 2.42. The molecule has 116 valence electrons. The molecule has 1 aromatic rings. The van der Waals surface area contributed by atoms with Crippen LogP contribution in [0.1, 0.15) is 43.2 Å². The van der Waals surface area contributed by atoms with Gasteiger partial charge in [-0.15, -0.1) is 0 Å². The summed E-state index contributed by atoms with van der Waals surface area (Å²) in [4.78, 5) is 23.0. The van der Waals surface area contributed by atoms with Gasteiger partial charge in [0.1, 0.15) is 5.60 Å². The van der Waals surface area contributed by atoms with Gasteiger partial charge in [0, 0.05) is 13.1 Å². The van der Waals surface area contributed by atoms with E-state index in [2.05, 4.69) is 10.4 Å². The third-order valence-corrected chi connectivity index (χ3v) is 3.38. The lowest BCUT2D eigenvalue weighted by molar-refractivity contribution is 0.0516. The van der Waals surface area contributed by atoms with Crippen LogP contribution in [-0.2, 0) is 17.7 Å². The molecule has 7 heteroatoms. The summed E-state index contributed by atoms with van der Waals surface area (Å²) in [5.74, 6) is -0.211. The summed E-state index contributed by atoms with van der Waals surface area (Å²) in [7, 11) is 0. The molecule has 0 spiro atoms. The predicted octanol–water partition coefficient (Wildman–Crippen LogP) is 1.07. The van der Waals surface area contributed by atoms with Crippen molar-refractivity contribution in [2.75, 3.05) is 6.54 Å². The molecular weight excluding hydrogens is 272 g/mol. The first-order chi connectivity index (χ1) is 9.76. The fraction of sp³-hybridized carbons (Fsp3) is 0.643. The van der Waals surface area contributed by atoms with Crippen molar-refractivity contribution in [3.63, 3.8) is 0 Å². The number of nitrogens with one attached hydrogen (secondary N) is 1. The number of amides is 2. The maximum Gasteiger partial charge on any atom is 0.407 e. The monoisotopic (exact) mass is 294 g/mol. The molecule has 1 unspecified atom stereocenters. The van der Waals surface area contributed by atoms with Crippen molar-refractivity contribution in [3.05, 3.63) is 17.5 Å². The van der Waals surface area contributed by atoms with E-state index in [0.717, 1.165) is 18.7 Å². The van der Waals surface area contributed by atoms with Crippen molar-refractivity contribution in [1.82, 2.24) is 15.1 Å². The molecule has 0 aromatic carbocycles. The molecule has 0 saturated carbocycles. The van der Waals surface area contributed by atoms with E-state index in [4.69, 9.17) is 10.5 Å². The quantitative estimate of drug-likeness (QED) is 0.871. The smallest absolute Gasteiger partial charge is 0.407 e. The average Bonchev–Trinajstić information content (AvgIpc) is 2.77. The number of ether oxygens (including phenoxy) is 1. The SMILES string of the molecule is CC(C)(C)OC(=O)NCC1CCn2ncc(C(N)=O)c2C1. The zero-order valence-corrected chi connectivity index (χ0v) is 12.7. The highest BCUT2D eigenvalue weighted by Crippen LogP contribution is 2.22. The Balaban J connectivity index is 1.91. The van der Waals surface area contributed by atoms with Gasteiger partial charge < -0.3 is 15.8 Å². The van der Waals surface area contributed by atoms with Crippen LogP contribution in [0, 0.1) is 5.92 Å². The molecule has 0 fully saturated rings. The molecule has 1 aromatic heterocycles. The molecular formula is C14H22N4O3. The Kier molecular flexibility index (Phi) is 4.20. The molecule has 1 atom stereocenters. The normalized spacial score (nSPS) is 18.0. The Bertz CT molecular complexity index is 545. The minimum Gasteiger partial charge on any atom is -0.444 e. The average molecular weight is 294 g/mol. The van der Waals surface area contributed by atoms with Gasteiger partial charge in [-0.3, -0.25) is 9.48 Å². The highest BCUT2D eigenvalue weighted by Gasteiger charge is 2.25. The third-order valence-electron chi connectivity index (χ3n) is 3.38. The fourth-order valence-electron chi connectivity index (χ4n) is 2.42. The Morgan fingerprint density at radius 2 is 2.24 bits per heavy atom. The van der Waals surface area contributed by atoms with Crippen LogP contribution in [0.4, 0.5) is 4.79 Å². The van der Waals surface area contributed by atoms with Crippen LogP contribution >= 0.6 is 0 Å². The molecule has 0 saturated heterocycles. The van der Waals surface area contributed by atoms with Crippen LogP contribution < -0.4 is 11.1 Å². The van der Waals surface area contributed by atoms with E-state index in [1.54, 1.807) is 0 Å². The van der Waals surface area contributed by atoms with Crippen molar-refractivity contribution >= 4 is 12.0 Å². The van der Waals surface area contributed by atoms with Crippen molar-refractivity contribution in [2.24, 2.45) is 11.7 Å². The molecule has 0 bridgehead atoms. The number of hydrogen-bond acceptors (Lipinski definition) is 4. The van der Waals surface area contributed by atoms with Gasteiger partial charge in [0.25, 0.3) is 5.91 Å². The molecule has 7 nitrogen and oxygen atoms in total. The molecule has 2 rings (SSSR count). The van der Waals surface area contributed by atoms with Gasteiger partial charge >= 0.3 is 6.09 Å². The highest BCUT2D eigenvalue weighted by atomic mass is 16.6. The van der Waals surface area contributed by atoms with E-state index in [0.29, 0.717) is 18.5 Å². The number of primary amides is 1. The second kappa shape index (κ2) is 5.75. The van der Waals surface area contributed by atoms with E-state index in [1.807, 2.05) is 25.5 Å². The van der Waals surface area contributed by atoms with Crippen LogP contribution in [0.3, 0.4) is 0 Å². The molecule has 2 amide bonds. The second-order valence-electron chi connectivity index (χ2n) is 6.33. The summed E-state index contributed by atoms with van der Waals surface area (Å²) in [6, 6.07) is 0. The van der Waals surface area contributed by atoms with E-state index in [-0.39, 0.29) is 5.92 Å². The number of rotatable bonds is 3. The number of carbonyl (C=O) groups is 2. The maximum atomic E-state index is 11.6. The van der Waals surface area contributed by atoms with E-state index in [1.165, 1.54) is 6.20 Å². The zero-order chi connectivity index (χ0) is 15.6. The van der Waals surface area contributed by atoms with Crippen molar-refractivity contribution < 1.29 is 14.3 Å². The number of aromatic nitrogens is 2. The summed E-state index contributed by atoms with van der Waals surface area (Å²) in [6.07, 6.45) is 2.66. The van der Waals surface area contributed by atoms with Gasteiger partial charge in [-0.25, -0.2) is 4.79 Å². The lowest BCUT2D eigenvalue weighted by Gasteiger charge is -2.25. The predicted molar refractivity (Wildman–Crippen MR) is 76.8 cm³/mol. The summed E-state index contributed by atoms with van der Waals surface area (Å²) in [5, 5.41) is 6.93. The van der Waals surface area contributed by atoms with E-state index in [9.17, 15) is 9.59 Å². The minimum atomic E-state index is -0.506. The zero-order valence-electron chi connectivity index (χ0n) is 12.7. The standard InChI is InChI=1S/C14H22N4O3/c1-14(2,3)21-13(20)16-7-9-4-5-18-11(6-9)10(8-17-18)12(15)19/h8-9H,4-7H2,1-3H3,(H2,15,19)(H,16,20). The Labute approximate surface area is 123 Å². The molecule has 0 radical (unpaired) electrons. The molecule has 3 N–H and O–H groups in total. The molecule has 21 heavy (non-hydrogen) atoms. The van der Waals surface area contributed by atoms with Gasteiger partial charge in [0.2, 0.25) is 0 Å². The number of nitrogens with zero attached hydrogens (tertiary/aromatic N) is 2. The largest absolute Gasteiger partial charge is 0.444 e. The topological polar surface area (TPSA) is 99.2 Å². The molecule has 1 aliphatic heterocycles. The lowest BCUT2D eigenvalue weighted by atomic mass is 9.94. The van der Waals surface area contributed by atoms with E-state index >= 15 is 0 Å². The van der Waals surface area contributed by atoms with Crippen molar-refractivity contribution in [1.29, 1.82) is 0 Å². The summed E-state index contributed by atoms with van der Waals surface area (Å²) in [6.45, 7) is 6.71. The molecule has 1 aliphatic rings. The van der Waals surface area contributed by atoms with Crippen LogP contribution in [0.5, 0.6) is 0 Å². The van der Waals surface area contributed by atoms with Crippen molar-refractivity contribution in [2.45, 2.75) is 45.8 Å². The van der Waals surface area contributed by atoms with Gasteiger partial charge in [0.15, 0.2) is 0 Å². The Morgan fingerprint density at radius 1 is 1.52 bits per heavy atom. The second-order valence-corrected chi connectivity index (χ2v) is 6.33. The number of nitrogens with two attached hydrogens (primary N) is 1. The Morgan fingerprint density at radius 3 is 2.86 bits per heavy atom. The number of carbonyl (C=O) groups excluding carboxylic acids is 2. The number of aryl methyl sites for hydroxylation is 1. The summed E-state index contributed by atoms with van der Waals surface area (Å²) in [5.41, 5.74) is 6.15. The first-order valence-electron chi connectivity index (χ1n) is 7.07. The van der Waals surface area contributed by atoms with Crippen molar-refractivity contribution in [3.8, 4) is 0 Å². The highest BCUT2D eigenvalue weighted by molar-refractivity contribution is 5.93. The first kappa shape index (κ1) is 15.3. The van der Waals surface area contributed by atoms with Gasteiger partial charge in [-0.05, 0) is 39.5 Å². The summed E-state index contributed by atoms with van der Waals surface area (Å²) < 4.78 is 7.01. The molecule has 0 aliphatic carbocycles. The van der Waals surface area contributed by atoms with Crippen LogP contribution in [0.2, 0.25) is 0 Å². The Hall–Kier alpha value is -2.05. The van der Waals surface area contributed by atoms with Crippen LogP contribution in [0.25, 0.3) is 0 Å². The van der Waals surface area contributed by atoms with Gasteiger partial charge in [-0.2, -0.15) is 5.10 Å². The molecule has 2 heterocycles. The van der Waals surface area contributed by atoms with Crippen LogP contribution in [-0.4, -0.2) is 33.9 Å².